The average Bonchev–Trinajstić information content (AvgIpc) is 1.80. The Morgan fingerprint density at radius 1 is 1.56 bits per heavy atom. The summed E-state index contributed by atoms with van der Waals surface area (Å²) in [7, 11) is 0. The first-order chi connectivity index (χ1) is 4.20. The first-order valence-electron chi connectivity index (χ1n) is 2.15. The van der Waals surface area contributed by atoms with Gasteiger partial charge in [-0.3, -0.25) is 0 Å². The Balaban J connectivity index is 3.52. The van der Waals surface area contributed by atoms with Gasteiger partial charge < -0.3 is 0 Å². The van der Waals surface area contributed by atoms with Crippen molar-refractivity contribution in [3.63, 3.8) is 0 Å². The van der Waals surface area contributed by atoms with E-state index in [1.54, 1.807) is 0 Å². The maximum absolute atomic E-state index is 10.5. The fourth-order valence-electron chi connectivity index (χ4n) is 0.391. The van der Waals surface area contributed by atoms with Gasteiger partial charge in [0.25, 0.3) is 0 Å². The van der Waals surface area contributed by atoms with Gasteiger partial charge in [0.1, 0.15) is 0 Å². The van der Waals surface area contributed by atoms with Crippen LogP contribution < -0.4 is 11.2 Å². The Morgan fingerprint density at radius 2 is 2.22 bits per heavy atom. The number of hydrogen-bond donors (Lipinski definition) is 1. The molecule has 0 aromatic carbocycles. The summed E-state index contributed by atoms with van der Waals surface area (Å²) in [6.45, 7) is 0. The van der Waals surface area contributed by atoms with Crippen LogP contribution in [0.25, 0.3) is 0 Å². The van der Waals surface area contributed by atoms with Crippen molar-refractivity contribution in [2.45, 2.75) is 0 Å². The number of aromatic amines is 1. The van der Waals surface area contributed by atoms with E-state index < -0.39 is 11.2 Å². The molecular weight excluding hydrogens is 216 g/mol. The molecule has 0 fully saturated rings. The Kier molecular flexibility index (Phi) is 1.70. The van der Waals surface area contributed by atoms with Crippen molar-refractivity contribution in [1.82, 2.24) is 7.95 Å². The van der Waals surface area contributed by atoms with Crippen molar-refractivity contribution < 1.29 is 21.3 Å². The van der Waals surface area contributed by atoms with Crippen LogP contribution in [-0.2, 0) is 21.3 Å². The summed E-state index contributed by atoms with van der Waals surface area (Å²) in [5.74, 6) is 0. The maximum atomic E-state index is 10.5. The molecule has 9 heavy (non-hydrogen) atoms. The molecule has 0 spiro atoms. The van der Waals surface area contributed by atoms with E-state index in [9.17, 15) is 9.59 Å². The SMILES string of the molecule is O=c1cc[n]([Ag])c(=O)[nH]1. The zero-order chi connectivity index (χ0) is 6.85. The van der Waals surface area contributed by atoms with Crippen molar-refractivity contribution in [2.75, 3.05) is 0 Å². The first kappa shape index (κ1) is 6.54. The quantitative estimate of drug-likeness (QED) is 0.560. The van der Waals surface area contributed by atoms with Crippen molar-refractivity contribution in [3.05, 3.63) is 33.1 Å². The molecule has 52 valence electrons. The zero-order valence-corrected chi connectivity index (χ0v) is 5.70. The van der Waals surface area contributed by atoms with Gasteiger partial charge in [0.2, 0.25) is 0 Å². The second-order valence-corrected chi connectivity index (χ2v) is 2.10. The van der Waals surface area contributed by atoms with Crippen LogP contribution in [0.2, 0.25) is 0 Å². The summed E-state index contributed by atoms with van der Waals surface area (Å²) < 4.78 is 1.10. The van der Waals surface area contributed by atoms with E-state index in [-0.39, 0.29) is 0 Å². The zero-order valence-electron chi connectivity index (χ0n) is 4.22. The van der Waals surface area contributed by atoms with Crippen LogP contribution in [0, 0.1) is 0 Å². The minimum absolute atomic E-state index is 0.393. The topological polar surface area (TPSA) is 54.9 Å². The molecule has 0 aliphatic rings. The van der Waals surface area contributed by atoms with Gasteiger partial charge in [-0.15, -0.1) is 0 Å². The Hall–Kier alpha value is -0.580. The Labute approximate surface area is 62.8 Å². The van der Waals surface area contributed by atoms with E-state index in [1.165, 1.54) is 12.3 Å². The van der Waals surface area contributed by atoms with Gasteiger partial charge in [0, 0.05) is 0 Å². The van der Waals surface area contributed by atoms with Gasteiger partial charge in [-0.1, -0.05) is 0 Å². The molecule has 0 atom stereocenters. The van der Waals surface area contributed by atoms with Crippen molar-refractivity contribution in [3.8, 4) is 0 Å². The van der Waals surface area contributed by atoms with Crippen LogP contribution in [-0.4, -0.2) is 7.95 Å². The molecule has 1 heterocycles. The Morgan fingerprint density at radius 3 is 2.67 bits per heavy atom. The van der Waals surface area contributed by atoms with Crippen molar-refractivity contribution in [1.29, 1.82) is 0 Å². The monoisotopic (exact) mass is 218 g/mol. The summed E-state index contributed by atoms with van der Waals surface area (Å²) in [4.78, 5) is 22.9. The third kappa shape index (κ3) is 1.41. The molecule has 1 aromatic heterocycles. The molecular formula is C4H3AgN2O2. The second-order valence-electron chi connectivity index (χ2n) is 1.38. The van der Waals surface area contributed by atoms with Crippen LogP contribution in [0.3, 0.4) is 0 Å². The average molecular weight is 219 g/mol. The number of rotatable bonds is 0. The van der Waals surface area contributed by atoms with Gasteiger partial charge >= 0.3 is 62.4 Å². The first-order valence-corrected chi connectivity index (χ1v) is 2.81. The van der Waals surface area contributed by atoms with E-state index in [0.717, 1.165) is 2.97 Å². The van der Waals surface area contributed by atoms with Crippen LogP contribution in [0.15, 0.2) is 21.9 Å². The summed E-state index contributed by atoms with van der Waals surface area (Å²) in [5, 5.41) is 0. The third-order valence-corrected chi connectivity index (χ3v) is 1.28. The molecule has 0 aliphatic heterocycles. The van der Waals surface area contributed by atoms with Crippen LogP contribution in [0.4, 0.5) is 0 Å². The van der Waals surface area contributed by atoms with E-state index in [1.807, 2.05) is 4.98 Å². The van der Waals surface area contributed by atoms with Crippen molar-refractivity contribution in [2.24, 2.45) is 0 Å². The normalized spacial score (nSPS) is 9.56. The van der Waals surface area contributed by atoms with Crippen molar-refractivity contribution >= 4 is 0 Å². The summed E-state index contributed by atoms with van der Waals surface area (Å²) >= 11 is 2.88. The number of aromatic nitrogens is 2. The van der Waals surface area contributed by atoms with Gasteiger partial charge in [0.15, 0.2) is 0 Å². The van der Waals surface area contributed by atoms with Gasteiger partial charge in [0.05, 0.1) is 0 Å². The standard InChI is InChI=1S/C4H4N2O2.Ag/c7-3-1-2-5-4(8)6-3;/h1-2H,(H2,5,6,7,8);/q;+1/p-1. The molecule has 0 aliphatic carbocycles. The molecule has 0 saturated heterocycles. The number of hydrogen-bond acceptors (Lipinski definition) is 2. The molecule has 1 aromatic rings. The molecule has 0 amide bonds. The van der Waals surface area contributed by atoms with E-state index in [2.05, 4.69) is 21.3 Å². The predicted molar refractivity (Wildman–Crippen MR) is 26.7 cm³/mol. The summed E-state index contributed by atoms with van der Waals surface area (Å²) in [5.41, 5.74) is -0.864. The third-order valence-electron chi connectivity index (χ3n) is 0.754. The minimum atomic E-state index is -0.471. The van der Waals surface area contributed by atoms with E-state index in [4.69, 9.17) is 0 Å². The molecule has 0 bridgehead atoms. The van der Waals surface area contributed by atoms with Gasteiger partial charge in [-0.05, 0) is 0 Å². The molecule has 0 unspecified atom stereocenters. The second kappa shape index (κ2) is 2.35. The molecule has 5 heteroatoms. The number of H-pyrrole nitrogens is 1. The predicted octanol–water partition coefficient (Wildman–Crippen LogP) is -1.15. The molecule has 0 radical (unpaired) electrons. The molecule has 4 nitrogen and oxygen atoms in total. The van der Waals surface area contributed by atoms with Gasteiger partial charge in [-0.25, -0.2) is 0 Å². The molecule has 1 N–H and O–H groups in total. The molecule has 0 saturated carbocycles. The van der Waals surface area contributed by atoms with Crippen LogP contribution >= 0.6 is 0 Å². The molecule has 1 rings (SSSR count). The Bertz CT molecular complexity index is 313. The van der Waals surface area contributed by atoms with E-state index in [0.29, 0.717) is 0 Å². The van der Waals surface area contributed by atoms with E-state index >= 15 is 0 Å². The number of nitrogens with zero attached hydrogens (tertiary/aromatic N) is 1. The van der Waals surface area contributed by atoms with Crippen LogP contribution in [0.1, 0.15) is 0 Å². The summed E-state index contributed by atoms with van der Waals surface area (Å²) in [6.07, 6.45) is 1.33. The fraction of sp³-hybridized carbons (Fsp3) is 0. The number of nitrogens with one attached hydrogen (secondary N) is 1. The summed E-state index contributed by atoms with van der Waals surface area (Å²) in [6, 6.07) is 1.25. The van der Waals surface area contributed by atoms with Crippen LogP contribution in [0.5, 0.6) is 0 Å². The van der Waals surface area contributed by atoms with Gasteiger partial charge in [-0.2, -0.15) is 0 Å². The fourth-order valence-corrected chi connectivity index (χ4v) is 0.585.